The van der Waals surface area contributed by atoms with Crippen LogP contribution in [0.25, 0.3) is 0 Å². The molecule has 0 aliphatic rings. The van der Waals surface area contributed by atoms with Gasteiger partial charge >= 0.3 is 0 Å². The van der Waals surface area contributed by atoms with Gasteiger partial charge in [-0.25, -0.2) is 0 Å². The lowest BCUT2D eigenvalue weighted by Gasteiger charge is -2.10. The Morgan fingerprint density at radius 2 is 2.08 bits per heavy atom. The first-order valence-electron chi connectivity index (χ1n) is 3.92. The summed E-state index contributed by atoms with van der Waals surface area (Å²) < 4.78 is 1.95. The molecule has 0 radical (unpaired) electrons. The fraction of sp³-hybridized carbons (Fsp3) is 0.714. The van der Waals surface area contributed by atoms with Crippen LogP contribution >= 0.6 is 0 Å². The van der Waals surface area contributed by atoms with E-state index in [1.807, 2.05) is 30.6 Å². The van der Waals surface area contributed by atoms with Gasteiger partial charge in [-0.15, -0.1) is 10.2 Å². The van der Waals surface area contributed by atoms with Crippen LogP contribution in [0.4, 0.5) is 5.95 Å². The average molecular weight is 169 g/mol. The summed E-state index contributed by atoms with van der Waals surface area (Å²) in [6, 6.07) is 0. The molecule has 0 fully saturated rings. The molecule has 0 aliphatic carbocycles. The lowest BCUT2D eigenvalue weighted by Crippen LogP contribution is -2.15. The summed E-state index contributed by atoms with van der Waals surface area (Å²) in [5.74, 6) is 1.79. The van der Waals surface area contributed by atoms with Crippen LogP contribution in [-0.2, 0) is 13.5 Å². The molecule has 0 spiro atoms. The van der Waals surface area contributed by atoms with E-state index in [1.165, 1.54) is 0 Å². The minimum atomic E-state index is 0.611. The number of aromatic nitrogens is 3. The fourth-order valence-corrected chi connectivity index (χ4v) is 1.09. The molecule has 1 aromatic rings. The lowest BCUT2D eigenvalue weighted by molar-refractivity contribution is 0.769. The third-order valence-corrected chi connectivity index (χ3v) is 1.71. The first-order valence-corrected chi connectivity index (χ1v) is 3.92. The second kappa shape index (κ2) is 3.53. The van der Waals surface area contributed by atoms with Crippen molar-refractivity contribution in [3.63, 3.8) is 0 Å². The summed E-state index contributed by atoms with van der Waals surface area (Å²) in [6.07, 6.45) is 0.775. The van der Waals surface area contributed by atoms with Gasteiger partial charge < -0.3 is 15.2 Å². The van der Waals surface area contributed by atoms with E-state index in [-0.39, 0.29) is 0 Å². The first kappa shape index (κ1) is 8.99. The monoisotopic (exact) mass is 169 g/mol. The minimum absolute atomic E-state index is 0.611. The molecule has 0 unspecified atom stereocenters. The number of nitrogens with zero attached hydrogens (tertiary/aromatic N) is 4. The van der Waals surface area contributed by atoms with Crippen molar-refractivity contribution in [2.45, 2.75) is 6.42 Å². The predicted molar refractivity (Wildman–Crippen MR) is 48.1 cm³/mol. The zero-order chi connectivity index (χ0) is 9.14. The highest BCUT2D eigenvalue weighted by Crippen LogP contribution is 2.07. The van der Waals surface area contributed by atoms with Crippen LogP contribution in [-0.4, -0.2) is 35.4 Å². The summed E-state index contributed by atoms with van der Waals surface area (Å²) in [7, 11) is 5.83. The Balaban J connectivity index is 2.88. The van der Waals surface area contributed by atoms with Crippen LogP contribution in [0.5, 0.6) is 0 Å². The van der Waals surface area contributed by atoms with E-state index in [0.29, 0.717) is 6.54 Å². The SMILES string of the molecule is CN(C)c1nnc(CCN)n1C. The van der Waals surface area contributed by atoms with Gasteiger partial charge in [0.15, 0.2) is 0 Å². The molecule has 0 bridgehead atoms. The van der Waals surface area contributed by atoms with Gasteiger partial charge in [0.2, 0.25) is 5.95 Å². The highest BCUT2D eigenvalue weighted by atomic mass is 15.4. The van der Waals surface area contributed by atoms with Crippen molar-refractivity contribution in [3.8, 4) is 0 Å². The highest BCUT2D eigenvalue weighted by molar-refractivity contribution is 5.27. The van der Waals surface area contributed by atoms with E-state index in [4.69, 9.17) is 5.73 Å². The number of rotatable bonds is 3. The Bertz CT molecular complexity index is 252. The van der Waals surface area contributed by atoms with Crippen molar-refractivity contribution >= 4 is 5.95 Å². The van der Waals surface area contributed by atoms with Crippen molar-refractivity contribution < 1.29 is 0 Å². The summed E-state index contributed by atoms with van der Waals surface area (Å²) >= 11 is 0. The van der Waals surface area contributed by atoms with E-state index in [9.17, 15) is 0 Å². The molecule has 1 aromatic heterocycles. The Kier molecular flexibility index (Phi) is 2.65. The van der Waals surface area contributed by atoms with Gasteiger partial charge in [0.25, 0.3) is 0 Å². The molecular formula is C7H15N5. The molecule has 2 N–H and O–H groups in total. The van der Waals surface area contributed by atoms with Crippen LogP contribution < -0.4 is 10.6 Å². The Morgan fingerprint density at radius 1 is 1.42 bits per heavy atom. The largest absolute Gasteiger partial charge is 0.347 e. The van der Waals surface area contributed by atoms with E-state index in [0.717, 1.165) is 18.2 Å². The topological polar surface area (TPSA) is 60.0 Å². The molecule has 1 heterocycles. The van der Waals surface area contributed by atoms with Crippen molar-refractivity contribution in [3.05, 3.63) is 5.82 Å². The van der Waals surface area contributed by atoms with E-state index >= 15 is 0 Å². The van der Waals surface area contributed by atoms with Crippen molar-refractivity contribution in [2.24, 2.45) is 12.8 Å². The first-order chi connectivity index (χ1) is 5.66. The molecule has 0 atom stereocenters. The third kappa shape index (κ3) is 1.55. The van der Waals surface area contributed by atoms with E-state index in [1.54, 1.807) is 0 Å². The zero-order valence-electron chi connectivity index (χ0n) is 7.78. The number of hydrogen-bond donors (Lipinski definition) is 1. The van der Waals surface area contributed by atoms with Gasteiger partial charge in [-0.1, -0.05) is 0 Å². The standard InChI is InChI=1S/C7H15N5/c1-11(2)7-10-9-6(4-5-8)12(7)3/h4-5,8H2,1-3H3. The zero-order valence-corrected chi connectivity index (χ0v) is 7.78. The van der Waals surface area contributed by atoms with Gasteiger partial charge in [0.1, 0.15) is 5.82 Å². The summed E-state index contributed by atoms with van der Waals surface area (Å²) in [5, 5.41) is 8.04. The van der Waals surface area contributed by atoms with E-state index < -0.39 is 0 Å². The second-order valence-corrected chi connectivity index (χ2v) is 2.91. The molecule has 0 amide bonds. The Morgan fingerprint density at radius 3 is 2.50 bits per heavy atom. The second-order valence-electron chi connectivity index (χ2n) is 2.91. The molecule has 0 aliphatic heterocycles. The van der Waals surface area contributed by atoms with Crippen LogP contribution in [0.3, 0.4) is 0 Å². The third-order valence-electron chi connectivity index (χ3n) is 1.71. The van der Waals surface area contributed by atoms with Crippen molar-refractivity contribution in [1.29, 1.82) is 0 Å². The van der Waals surface area contributed by atoms with Crippen LogP contribution in [0.2, 0.25) is 0 Å². The maximum absolute atomic E-state index is 5.42. The number of hydrogen-bond acceptors (Lipinski definition) is 4. The summed E-state index contributed by atoms with van der Waals surface area (Å²) in [6.45, 7) is 0.611. The predicted octanol–water partition coefficient (Wildman–Crippen LogP) is -0.618. The molecule has 0 aromatic carbocycles. The lowest BCUT2D eigenvalue weighted by atomic mass is 10.4. The number of anilines is 1. The molecule has 0 saturated carbocycles. The van der Waals surface area contributed by atoms with Gasteiger partial charge in [-0.2, -0.15) is 0 Å². The van der Waals surface area contributed by atoms with Gasteiger partial charge in [0.05, 0.1) is 0 Å². The van der Waals surface area contributed by atoms with Crippen LogP contribution in [0.1, 0.15) is 5.82 Å². The maximum Gasteiger partial charge on any atom is 0.226 e. The van der Waals surface area contributed by atoms with Gasteiger partial charge in [-0.3, -0.25) is 0 Å². The molecule has 12 heavy (non-hydrogen) atoms. The van der Waals surface area contributed by atoms with Gasteiger partial charge in [0, 0.05) is 27.6 Å². The Labute approximate surface area is 72.2 Å². The van der Waals surface area contributed by atoms with Crippen molar-refractivity contribution in [2.75, 3.05) is 25.5 Å². The van der Waals surface area contributed by atoms with Crippen LogP contribution in [0, 0.1) is 0 Å². The molecule has 5 nitrogen and oxygen atoms in total. The normalized spacial score (nSPS) is 10.3. The molecule has 68 valence electrons. The van der Waals surface area contributed by atoms with Crippen LogP contribution in [0.15, 0.2) is 0 Å². The molecule has 5 heteroatoms. The highest BCUT2D eigenvalue weighted by Gasteiger charge is 2.08. The average Bonchev–Trinajstić information content (AvgIpc) is 2.34. The summed E-state index contributed by atoms with van der Waals surface area (Å²) in [5.41, 5.74) is 5.42. The number of nitrogens with two attached hydrogens (primary N) is 1. The summed E-state index contributed by atoms with van der Waals surface area (Å²) in [4.78, 5) is 1.92. The smallest absolute Gasteiger partial charge is 0.226 e. The van der Waals surface area contributed by atoms with Crippen molar-refractivity contribution in [1.82, 2.24) is 14.8 Å². The maximum atomic E-state index is 5.42. The fourth-order valence-electron chi connectivity index (χ4n) is 1.09. The molecule has 0 saturated heterocycles. The molecule has 1 rings (SSSR count). The molecular weight excluding hydrogens is 154 g/mol. The van der Waals surface area contributed by atoms with E-state index in [2.05, 4.69) is 10.2 Å². The minimum Gasteiger partial charge on any atom is -0.347 e. The van der Waals surface area contributed by atoms with Gasteiger partial charge in [-0.05, 0) is 6.54 Å². The Hall–Kier alpha value is -1.10. The quantitative estimate of drug-likeness (QED) is 0.655.